The standard InChI is InChI=1S/C32H30N2O6S/c1-6-39-31(37)27-19(4)33-32-34(28(27)21-13-11-20(12-14-21)18(2)3)29(35)26(41-32)17-22-15-16-25(40-22)23-9-7-8-10-24(23)30(36)38-5/h7-18,28H,6H2,1-5H3. The maximum atomic E-state index is 13.9. The summed E-state index contributed by atoms with van der Waals surface area (Å²) in [6, 6.07) is 17.7. The van der Waals surface area contributed by atoms with Crippen LogP contribution in [0.4, 0.5) is 0 Å². The van der Waals surface area contributed by atoms with Crippen LogP contribution < -0.4 is 14.9 Å². The molecule has 1 atom stereocenters. The zero-order valence-corrected chi connectivity index (χ0v) is 24.3. The smallest absolute Gasteiger partial charge is 0.338 e. The van der Waals surface area contributed by atoms with Crippen LogP contribution in [0, 0.1) is 0 Å². The third-order valence-electron chi connectivity index (χ3n) is 6.93. The summed E-state index contributed by atoms with van der Waals surface area (Å²) in [5.41, 5.74) is 3.45. The molecule has 41 heavy (non-hydrogen) atoms. The van der Waals surface area contributed by atoms with Gasteiger partial charge in [-0.25, -0.2) is 14.6 Å². The number of furan rings is 1. The summed E-state index contributed by atoms with van der Waals surface area (Å²) < 4.78 is 18.3. The molecule has 1 aliphatic heterocycles. The lowest BCUT2D eigenvalue weighted by atomic mass is 9.93. The van der Waals surface area contributed by atoms with E-state index in [4.69, 9.17) is 13.9 Å². The number of hydrogen-bond donors (Lipinski definition) is 0. The number of benzene rings is 2. The first kappa shape index (κ1) is 28.0. The quantitative estimate of drug-likeness (QED) is 0.291. The van der Waals surface area contributed by atoms with Crippen LogP contribution in [0.3, 0.4) is 0 Å². The molecule has 0 saturated carbocycles. The fraction of sp³-hybridized carbons (Fsp3) is 0.250. The number of aromatic nitrogens is 1. The molecule has 210 valence electrons. The van der Waals surface area contributed by atoms with Gasteiger partial charge in [0.25, 0.3) is 5.56 Å². The van der Waals surface area contributed by atoms with E-state index in [0.717, 1.165) is 11.1 Å². The van der Waals surface area contributed by atoms with E-state index in [0.29, 0.717) is 49.2 Å². The topological polar surface area (TPSA) is 100 Å². The molecule has 3 heterocycles. The van der Waals surface area contributed by atoms with Gasteiger partial charge in [-0.05, 0) is 49.1 Å². The van der Waals surface area contributed by atoms with Crippen molar-refractivity contribution in [1.29, 1.82) is 0 Å². The molecule has 0 radical (unpaired) electrons. The highest BCUT2D eigenvalue weighted by atomic mass is 32.1. The molecule has 1 unspecified atom stereocenters. The summed E-state index contributed by atoms with van der Waals surface area (Å²) in [4.78, 5) is 44.3. The average Bonchev–Trinajstić information content (AvgIpc) is 3.56. The van der Waals surface area contributed by atoms with Gasteiger partial charge in [0.15, 0.2) is 4.80 Å². The third-order valence-corrected chi connectivity index (χ3v) is 7.92. The Kier molecular flexibility index (Phi) is 7.90. The van der Waals surface area contributed by atoms with Crippen molar-refractivity contribution in [3.63, 3.8) is 0 Å². The van der Waals surface area contributed by atoms with E-state index < -0.39 is 18.0 Å². The Bertz CT molecular complexity index is 1840. The third kappa shape index (κ3) is 5.32. The highest BCUT2D eigenvalue weighted by molar-refractivity contribution is 7.07. The van der Waals surface area contributed by atoms with Gasteiger partial charge in [0.1, 0.15) is 11.5 Å². The monoisotopic (exact) mass is 570 g/mol. The molecule has 2 aromatic carbocycles. The molecule has 5 rings (SSSR count). The van der Waals surface area contributed by atoms with Crippen LogP contribution in [-0.2, 0) is 14.3 Å². The minimum Gasteiger partial charge on any atom is -0.465 e. The van der Waals surface area contributed by atoms with Gasteiger partial charge in [0.05, 0.1) is 41.1 Å². The number of nitrogens with zero attached hydrogens (tertiary/aromatic N) is 2. The second-order valence-corrected chi connectivity index (χ2v) is 10.9. The van der Waals surface area contributed by atoms with E-state index in [1.54, 1.807) is 60.9 Å². The van der Waals surface area contributed by atoms with Gasteiger partial charge in [-0.15, -0.1) is 0 Å². The number of hydrogen-bond acceptors (Lipinski definition) is 8. The summed E-state index contributed by atoms with van der Waals surface area (Å²) in [5, 5.41) is 0. The Balaban J connectivity index is 1.62. The maximum absolute atomic E-state index is 13.9. The number of esters is 2. The number of thiazole rings is 1. The second-order valence-electron chi connectivity index (χ2n) is 9.86. The molecule has 0 fully saturated rings. The van der Waals surface area contributed by atoms with E-state index in [-0.39, 0.29) is 12.2 Å². The zero-order valence-electron chi connectivity index (χ0n) is 23.5. The highest BCUT2D eigenvalue weighted by Gasteiger charge is 2.33. The van der Waals surface area contributed by atoms with Crippen LogP contribution in [0.5, 0.6) is 0 Å². The van der Waals surface area contributed by atoms with Gasteiger partial charge >= 0.3 is 11.9 Å². The van der Waals surface area contributed by atoms with Gasteiger partial charge in [-0.2, -0.15) is 0 Å². The van der Waals surface area contributed by atoms with Crippen molar-refractivity contribution >= 4 is 29.4 Å². The Morgan fingerprint density at radius 2 is 1.80 bits per heavy atom. The van der Waals surface area contributed by atoms with Crippen molar-refractivity contribution in [3.05, 3.63) is 114 Å². The molecule has 1 aliphatic rings. The lowest BCUT2D eigenvalue weighted by Gasteiger charge is -2.25. The maximum Gasteiger partial charge on any atom is 0.338 e. The van der Waals surface area contributed by atoms with Gasteiger partial charge in [0.2, 0.25) is 0 Å². The molecule has 0 saturated heterocycles. The second kappa shape index (κ2) is 11.5. The largest absolute Gasteiger partial charge is 0.465 e. The summed E-state index contributed by atoms with van der Waals surface area (Å²) in [6.45, 7) is 7.94. The summed E-state index contributed by atoms with van der Waals surface area (Å²) in [6.07, 6.45) is 1.65. The van der Waals surface area contributed by atoms with Gasteiger partial charge < -0.3 is 13.9 Å². The molecule has 4 aromatic rings. The fourth-order valence-electron chi connectivity index (χ4n) is 4.86. The SMILES string of the molecule is CCOC(=O)C1=C(C)N=c2sc(=Cc3ccc(-c4ccccc4C(=O)OC)o3)c(=O)n2C1c1ccc(C(C)C)cc1. The Morgan fingerprint density at radius 3 is 2.49 bits per heavy atom. The Hall–Kier alpha value is -4.50. The van der Waals surface area contributed by atoms with Crippen molar-refractivity contribution in [3.8, 4) is 11.3 Å². The van der Waals surface area contributed by atoms with Crippen LogP contribution in [-0.4, -0.2) is 30.2 Å². The first-order valence-electron chi connectivity index (χ1n) is 13.3. The molecular formula is C32H30N2O6S. The summed E-state index contributed by atoms with van der Waals surface area (Å²) >= 11 is 1.22. The van der Waals surface area contributed by atoms with Crippen LogP contribution in [0.2, 0.25) is 0 Å². The lowest BCUT2D eigenvalue weighted by molar-refractivity contribution is -0.139. The molecule has 0 amide bonds. The first-order chi connectivity index (χ1) is 19.7. The van der Waals surface area contributed by atoms with E-state index in [9.17, 15) is 14.4 Å². The fourth-order valence-corrected chi connectivity index (χ4v) is 5.89. The highest BCUT2D eigenvalue weighted by Crippen LogP contribution is 2.32. The molecule has 0 aliphatic carbocycles. The Labute approximate surface area is 240 Å². The first-order valence-corrected chi connectivity index (χ1v) is 14.1. The van der Waals surface area contributed by atoms with Crippen molar-refractivity contribution in [2.24, 2.45) is 4.99 Å². The predicted molar refractivity (Wildman–Crippen MR) is 156 cm³/mol. The normalized spacial score (nSPS) is 15.1. The molecule has 9 heteroatoms. The number of fused-ring (bicyclic) bond motifs is 1. The minimum atomic E-state index is -0.687. The number of rotatable bonds is 7. The molecule has 0 spiro atoms. The van der Waals surface area contributed by atoms with Crippen molar-refractivity contribution < 1.29 is 23.5 Å². The Morgan fingerprint density at radius 1 is 1.07 bits per heavy atom. The van der Waals surface area contributed by atoms with Gasteiger partial charge in [0, 0.05) is 11.6 Å². The van der Waals surface area contributed by atoms with Crippen LogP contribution >= 0.6 is 11.3 Å². The summed E-state index contributed by atoms with van der Waals surface area (Å²) in [7, 11) is 1.33. The molecule has 2 aromatic heterocycles. The average molecular weight is 571 g/mol. The van der Waals surface area contributed by atoms with Crippen molar-refractivity contribution in [1.82, 2.24) is 4.57 Å². The predicted octanol–water partition coefficient (Wildman–Crippen LogP) is 4.97. The van der Waals surface area contributed by atoms with E-state index in [2.05, 4.69) is 18.8 Å². The number of carbonyl (C=O) groups is 2. The minimum absolute atomic E-state index is 0.207. The van der Waals surface area contributed by atoms with Crippen LogP contribution in [0.15, 0.2) is 86.1 Å². The van der Waals surface area contributed by atoms with Crippen LogP contribution in [0.25, 0.3) is 17.4 Å². The molecule has 0 bridgehead atoms. The van der Waals surface area contributed by atoms with Gasteiger partial charge in [-0.1, -0.05) is 67.6 Å². The van der Waals surface area contributed by atoms with E-state index >= 15 is 0 Å². The summed E-state index contributed by atoms with van der Waals surface area (Å²) in [5.74, 6) is 0.269. The van der Waals surface area contributed by atoms with Crippen molar-refractivity contribution in [2.45, 2.75) is 39.7 Å². The lowest BCUT2D eigenvalue weighted by Crippen LogP contribution is -2.39. The number of methoxy groups -OCH3 is 1. The number of ether oxygens (including phenoxy) is 2. The van der Waals surface area contributed by atoms with Gasteiger partial charge in [-0.3, -0.25) is 9.36 Å². The number of carbonyl (C=O) groups excluding carboxylic acids is 2. The van der Waals surface area contributed by atoms with E-state index in [1.165, 1.54) is 18.4 Å². The van der Waals surface area contributed by atoms with Crippen molar-refractivity contribution in [2.75, 3.05) is 13.7 Å². The molecular weight excluding hydrogens is 540 g/mol. The number of allylic oxidation sites excluding steroid dienone is 1. The molecule has 0 N–H and O–H groups in total. The molecule has 8 nitrogen and oxygen atoms in total. The zero-order chi connectivity index (χ0) is 29.3. The van der Waals surface area contributed by atoms with E-state index in [1.807, 2.05) is 24.3 Å². The van der Waals surface area contributed by atoms with Crippen LogP contribution in [0.1, 0.15) is 66.9 Å².